The summed E-state index contributed by atoms with van der Waals surface area (Å²) in [5.74, 6) is 0. The quantitative estimate of drug-likeness (QED) is 0.474. The highest BCUT2D eigenvalue weighted by Crippen LogP contribution is 2.28. The van der Waals surface area contributed by atoms with Crippen molar-refractivity contribution in [3.8, 4) is 0 Å². The van der Waals surface area contributed by atoms with Gasteiger partial charge in [0, 0.05) is 6.07 Å². The molecule has 0 aliphatic carbocycles. The van der Waals surface area contributed by atoms with Crippen LogP contribution in [0.4, 0.5) is 17.1 Å². The molecule has 0 aromatic heterocycles. The van der Waals surface area contributed by atoms with Crippen molar-refractivity contribution in [2.75, 3.05) is 5.43 Å². The summed E-state index contributed by atoms with van der Waals surface area (Å²) in [6, 6.07) is 3.13. The van der Waals surface area contributed by atoms with Gasteiger partial charge in [0.15, 0.2) is 0 Å². The lowest BCUT2D eigenvalue weighted by Crippen LogP contribution is -2.20. The molecule has 0 heterocycles. The van der Waals surface area contributed by atoms with Crippen molar-refractivity contribution in [3.05, 3.63) is 38.4 Å². The molecule has 9 nitrogen and oxygen atoms in total. The summed E-state index contributed by atoms with van der Waals surface area (Å²) in [5.41, 5.74) is 0.325. The third kappa shape index (κ3) is 4.32. The van der Waals surface area contributed by atoms with E-state index in [4.69, 9.17) is 0 Å². The molecule has 0 amide bonds. The van der Waals surface area contributed by atoms with Crippen LogP contribution in [0.15, 0.2) is 23.3 Å². The molecule has 102 valence electrons. The predicted molar refractivity (Wildman–Crippen MR) is 68.2 cm³/mol. The summed E-state index contributed by atoms with van der Waals surface area (Å²) in [5, 5.41) is 34.3. The molecule has 0 bridgehead atoms. The van der Waals surface area contributed by atoms with Crippen LogP contribution in [0, 0.1) is 20.2 Å². The summed E-state index contributed by atoms with van der Waals surface area (Å²) >= 11 is 0. The van der Waals surface area contributed by atoms with Crippen LogP contribution in [0.2, 0.25) is 0 Å². The molecule has 0 saturated carbocycles. The van der Waals surface area contributed by atoms with Crippen molar-refractivity contribution in [2.24, 2.45) is 5.10 Å². The average Bonchev–Trinajstić information content (AvgIpc) is 2.27. The van der Waals surface area contributed by atoms with Crippen LogP contribution in [-0.2, 0) is 0 Å². The Labute approximate surface area is 107 Å². The fourth-order valence-electron chi connectivity index (χ4n) is 1.14. The SMILES string of the molecule is CC(C)(O)/C=N/Nc1ccc([N+](=O)[O-])cc1[N+](=O)[O-]. The van der Waals surface area contributed by atoms with Crippen LogP contribution in [-0.4, -0.2) is 26.8 Å². The first kappa shape index (κ1) is 14.5. The number of nitrogens with zero attached hydrogens (tertiary/aromatic N) is 3. The van der Waals surface area contributed by atoms with Gasteiger partial charge in [-0.2, -0.15) is 5.10 Å². The number of hydrogen-bond acceptors (Lipinski definition) is 7. The van der Waals surface area contributed by atoms with E-state index in [1.165, 1.54) is 19.9 Å². The van der Waals surface area contributed by atoms with Gasteiger partial charge in [0.05, 0.1) is 27.7 Å². The van der Waals surface area contributed by atoms with Crippen LogP contribution in [0.5, 0.6) is 0 Å². The lowest BCUT2D eigenvalue weighted by atomic mass is 10.2. The Morgan fingerprint density at radius 1 is 1.32 bits per heavy atom. The maximum Gasteiger partial charge on any atom is 0.301 e. The molecule has 0 radical (unpaired) electrons. The van der Waals surface area contributed by atoms with Gasteiger partial charge >= 0.3 is 5.69 Å². The number of anilines is 1. The number of non-ortho nitro benzene ring substituents is 1. The fraction of sp³-hybridized carbons (Fsp3) is 0.300. The Morgan fingerprint density at radius 3 is 2.42 bits per heavy atom. The van der Waals surface area contributed by atoms with Gasteiger partial charge in [-0.25, -0.2) is 0 Å². The molecule has 1 aromatic rings. The fourth-order valence-corrected chi connectivity index (χ4v) is 1.14. The number of nitro groups is 2. The monoisotopic (exact) mass is 268 g/mol. The van der Waals surface area contributed by atoms with E-state index in [2.05, 4.69) is 10.5 Å². The highest BCUT2D eigenvalue weighted by Gasteiger charge is 2.19. The van der Waals surface area contributed by atoms with E-state index in [9.17, 15) is 25.3 Å². The largest absolute Gasteiger partial charge is 0.385 e. The Kier molecular flexibility index (Phi) is 4.12. The molecule has 0 aliphatic heterocycles. The van der Waals surface area contributed by atoms with E-state index < -0.39 is 21.1 Å². The molecule has 1 aromatic carbocycles. The van der Waals surface area contributed by atoms with Crippen LogP contribution >= 0.6 is 0 Å². The van der Waals surface area contributed by atoms with Gasteiger partial charge in [-0.1, -0.05) is 0 Å². The minimum absolute atomic E-state index is 0.00361. The Balaban J connectivity index is 3.04. The minimum Gasteiger partial charge on any atom is -0.385 e. The molecule has 0 unspecified atom stereocenters. The van der Waals surface area contributed by atoms with Gasteiger partial charge in [0.2, 0.25) is 0 Å². The molecule has 19 heavy (non-hydrogen) atoms. The average molecular weight is 268 g/mol. The maximum atomic E-state index is 10.8. The van der Waals surface area contributed by atoms with Gasteiger partial charge in [0.1, 0.15) is 5.69 Å². The van der Waals surface area contributed by atoms with Crippen LogP contribution in [0.1, 0.15) is 13.8 Å². The zero-order valence-corrected chi connectivity index (χ0v) is 10.2. The van der Waals surface area contributed by atoms with Gasteiger partial charge < -0.3 is 5.11 Å². The third-order valence-electron chi connectivity index (χ3n) is 1.95. The van der Waals surface area contributed by atoms with E-state index in [1.807, 2.05) is 0 Å². The second-order valence-corrected chi connectivity index (χ2v) is 4.24. The molecule has 0 fully saturated rings. The van der Waals surface area contributed by atoms with E-state index in [-0.39, 0.29) is 11.4 Å². The maximum absolute atomic E-state index is 10.8. The number of nitro benzene ring substituents is 2. The predicted octanol–water partition coefficient (Wildman–Crippen LogP) is 1.67. The lowest BCUT2D eigenvalue weighted by molar-refractivity contribution is -0.393. The Hall–Kier alpha value is -2.55. The summed E-state index contributed by atoms with van der Waals surface area (Å²) in [6.45, 7) is 2.95. The molecule has 1 rings (SSSR count). The molecular weight excluding hydrogens is 256 g/mol. The van der Waals surface area contributed by atoms with Crippen molar-refractivity contribution >= 4 is 23.3 Å². The third-order valence-corrected chi connectivity index (χ3v) is 1.95. The highest BCUT2D eigenvalue weighted by molar-refractivity contribution is 5.70. The van der Waals surface area contributed by atoms with Gasteiger partial charge in [0.25, 0.3) is 5.69 Å². The van der Waals surface area contributed by atoms with Crippen molar-refractivity contribution in [1.29, 1.82) is 0 Å². The van der Waals surface area contributed by atoms with E-state index in [1.54, 1.807) is 0 Å². The van der Waals surface area contributed by atoms with Crippen molar-refractivity contribution in [1.82, 2.24) is 0 Å². The van der Waals surface area contributed by atoms with Crippen LogP contribution in [0.25, 0.3) is 0 Å². The van der Waals surface area contributed by atoms with Crippen molar-refractivity contribution < 1.29 is 15.0 Å². The minimum atomic E-state index is -1.18. The molecule has 9 heteroatoms. The molecule has 0 atom stereocenters. The summed E-state index contributed by atoms with van der Waals surface area (Å²) in [7, 11) is 0. The number of aliphatic hydroxyl groups is 1. The van der Waals surface area contributed by atoms with Crippen LogP contribution in [0.3, 0.4) is 0 Å². The number of hydrazone groups is 1. The zero-order valence-electron chi connectivity index (χ0n) is 10.2. The highest BCUT2D eigenvalue weighted by atomic mass is 16.6. The number of nitrogens with one attached hydrogen (secondary N) is 1. The Bertz CT molecular complexity index is 535. The van der Waals surface area contributed by atoms with Gasteiger partial charge in [-0.05, 0) is 19.9 Å². The molecule has 0 spiro atoms. The second kappa shape index (κ2) is 5.40. The number of benzene rings is 1. The lowest BCUT2D eigenvalue weighted by Gasteiger charge is -2.09. The van der Waals surface area contributed by atoms with Gasteiger partial charge in [-0.15, -0.1) is 0 Å². The molecule has 2 N–H and O–H groups in total. The zero-order chi connectivity index (χ0) is 14.6. The van der Waals surface area contributed by atoms with Crippen molar-refractivity contribution in [3.63, 3.8) is 0 Å². The van der Waals surface area contributed by atoms with E-state index in [0.29, 0.717) is 0 Å². The van der Waals surface area contributed by atoms with Crippen molar-refractivity contribution in [2.45, 2.75) is 19.4 Å². The first-order valence-electron chi connectivity index (χ1n) is 5.16. The Morgan fingerprint density at radius 2 is 1.95 bits per heavy atom. The topological polar surface area (TPSA) is 131 Å². The number of rotatable bonds is 5. The number of hydrogen-bond donors (Lipinski definition) is 2. The second-order valence-electron chi connectivity index (χ2n) is 4.24. The molecule has 0 saturated heterocycles. The molecule has 0 aliphatic rings. The summed E-state index contributed by atoms with van der Waals surface area (Å²) < 4.78 is 0. The standard InChI is InChI=1S/C10H12N4O5/c1-10(2,15)6-11-12-8-4-3-7(13(16)17)5-9(8)14(18)19/h3-6,12,15H,1-2H3/b11-6+. The first-order chi connectivity index (χ1) is 8.70. The van der Waals surface area contributed by atoms with E-state index in [0.717, 1.165) is 18.3 Å². The summed E-state index contributed by atoms with van der Waals surface area (Å²) in [4.78, 5) is 19.9. The summed E-state index contributed by atoms with van der Waals surface area (Å²) in [6.07, 6.45) is 1.15. The molecular formula is C10H12N4O5. The normalized spacial score (nSPS) is 11.5. The first-order valence-corrected chi connectivity index (χ1v) is 5.16. The van der Waals surface area contributed by atoms with Gasteiger partial charge in [-0.3, -0.25) is 25.7 Å². The van der Waals surface area contributed by atoms with Crippen LogP contribution < -0.4 is 5.43 Å². The van der Waals surface area contributed by atoms with E-state index >= 15 is 0 Å². The smallest absolute Gasteiger partial charge is 0.301 e.